The summed E-state index contributed by atoms with van der Waals surface area (Å²) in [6.45, 7) is 0.324. The first-order valence-corrected chi connectivity index (χ1v) is 7.60. The van der Waals surface area contributed by atoms with Crippen LogP contribution in [-0.2, 0) is 17.8 Å². The normalized spacial score (nSPS) is 16.2. The molecule has 1 aliphatic heterocycles. The Morgan fingerprint density at radius 3 is 2.88 bits per heavy atom. The number of amides is 1. The van der Waals surface area contributed by atoms with Crippen LogP contribution in [0.3, 0.4) is 0 Å². The van der Waals surface area contributed by atoms with Crippen molar-refractivity contribution in [2.45, 2.75) is 19.0 Å². The van der Waals surface area contributed by atoms with Crippen LogP contribution in [0.15, 0.2) is 53.2 Å². The number of rotatable bonds is 4. The highest BCUT2D eigenvalue weighted by Gasteiger charge is 2.34. The smallest absolute Gasteiger partial charge is 0.246 e. The first-order valence-electron chi connectivity index (χ1n) is 7.60. The fourth-order valence-electron chi connectivity index (χ4n) is 2.96. The van der Waals surface area contributed by atoms with Crippen LogP contribution in [0.1, 0.15) is 11.5 Å². The van der Waals surface area contributed by atoms with E-state index in [1.165, 1.54) is 0 Å². The second-order valence-corrected chi connectivity index (χ2v) is 5.61. The Balaban J connectivity index is 1.62. The van der Waals surface area contributed by atoms with Gasteiger partial charge in [0, 0.05) is 18.3 Å². The van der Waals surface area contributed by atoms with Gasteiger partial charge in [-0.25, -0.2) is 0 Å². The summed E-state index contributed by atoms with van der Waals surface area (Å²) in [7, 11) is 0. The number of hydrogen-bond donors (Lipinski definition) is 1. The number of fused-ring (bicyclic) bond motifs is 1. The van der Waals surface area contributed by atoms with Gasteiger partial charge in [-0.2, -0.15) is 4.98 Å². The quantitative estimate of drug-likeness (QED) is 0.783. The molecule has 0 aliphatic carbocycles. The molecule has 0 unspecified atom stereocenters. The molecule has 0 saturated carbocycles. The van der Waals surface area contributed by atoms with Crippen LogP contribution < -0.4 is 10.6 Å². The first kappa shape index (κ1) is 14.4. The van der Waals surface area contributed by atoms with Gasteiger partial charge >= 0.3 is 0 Å². The third-order valence-electron chi connectivity index (χ3n) is 4.09. The van der Waals surface area contributed by atoms with Crippen molar-refractivity contribution >= 4 is 11.6 Å². The van der Waals surface area contributed by atoms with E-state index < -0.39 is 6.04 Å². The van der Waals surface area contributed by atoms with Crippen LogP contribution in [-0.4, -0.2) is 27.1 Å². The van der Waals surface area contributed by atoms with E-state index in [4.69, 9.17) is 10.3 Å². The lowest BCUT2D eigenvalue weighted by Gasteiger charge is -2.23. The fourth-order valence-corrected chi connectivity index (χ4v) is 2.96. The van der Waals surface area contributed by atoms with Gasteiger partial charge in [-0.15, -0.1) is 0 Å². The van der Waals surface area contributed by atoms with Crippen molar-refractivity contribution in [3.63, 3.8) is 0 Å². The largest absolute Gasteiger partial charge is 0.368 e. The highest BCUT2D eigenvalue weighted by Crippen LogP contribution is 2.33. The Morgan fingerprint density at radius 2 is 2.08 bits per heavy atom. The van der Waals surface area contributed by atoms with Crippen LogP contribution >= 0.6 is 0 Å². The average Bonchev–Trinajstić information content (AvgIpc) is 3.21. The molecule has 0 saturated heterocycles. The van der Waals surface area contributed by atoms with Gasteiger partial charge in [-0.1, -0.05) is 29.4 Å². The van der Waals surface area contributed by atoms with Crippen molar-refractivity contribution in [1.82, 2.24) is 15.1 Å². The van der Waals surface area contributed by atoms with Gasteiger partial charge in [0.2, 0.25) is 17.6 Å². The third kappa shape index (κ3) is 2.50. The molecular formula is C17H15N5O2. The Labute approximate surface area is 138 Å². The molecule has 1 aromatic carbocycles. The Hall–Kier alpha value is -3.22. The van der Waals surface area contributed by atoms with Crippen LogP contribution in [0.25, 0.3) is 11.5 Å². The number of primary amides is 1. The molecule has 2 N–H and O–H groups in total. The van der Waals surface area contributed by atoms with Crippen molar-refractivity contribution in [2.24, 2.45) is 5.73 Å². The van der Waals surface area contributed by atoms with E-state index in [2.05, 4.69) is 15.1 Å². The number of pyridine rings is 1. The number of nitrogens with zero attached hydrogens (tertiary/aromatic N) is 4. The molecule has 7 nitrogen and oxygen atoms in total. The number of aromatic nitrogens is 3. The third-order valence-corrected chi connectivity index (χ3v) is 4.09. The van der Waals surface area contributed by atoms with E-state index in [1.807, 2.05) is 47.4 Å². The molecule has 0 radical (unpaired) electrons. The molecule has 0 spiro atoms. The predicted molar refractivity (Wildman–Crippen MR) is 86.8 cm³/mol. The Bertz CT molecular complexity index is 877. The SMILES string of the molecule is NC(=O)[C@@H]1Cc2ccccc2N1Cc1nc(-c2ccccn2)no1. The van der Waals surface area contributed by atoms with E-state index in [-0.39, 0.29) is 5.91 Å². The summed E-state index contributed by atoms with van der Waals surface area (Å²) in [6, 6.07) is 12.9. The lowest BCUT2D eigenvalue weighted by molar-refractivity contribution is -0.119. The summed E-state index contributed by atoms with van der Waals surface area (Å²) in [5.41, 5.74) is 8.26. The van der Waals surface area contributed by atoms with Gasteiger partial charge in [0.05, 0.1) is 6.54 Å². The standard InChI is InChI=1S/C17H15N5O2/c18-16(23)14-9-11-5-1-2-7-13(11)22(14)10-15-20-17(21-24-15)12-6-3-4-8-19-12/h1-8,14H,9-10H2,(H2,18,23)/t14-/m0/s1. The minimum Gasteiger partial charge on any atom is -0.368 e. The van der Waals surface area contributed by atoms with E-state index in [1.54, 1.807) is 6.20 Å². The monoisotopic (exact) mass is 321 g/mol. The molecular weight excluding hydrogens is 306 g/mol. The van der Waals surface area contributed by atoms with Crippen LogP contribution in [0.4, 0.5) is 5.69 Å². The van der Waals surface area contributed by atoms with Crippen molar-refractivity contribution < 1.29 is 9.32 Å². The summed E-state index contributed by atoms with van der Waals surface area (Å²) in [5.74, 6) is 0.475. The number of benzene rings is 1. The van der Waals surface area contributed by atoms with Gasteiger partial charge in [0.15, 0.2) is 0 Å². The second-order valence-electron chi connectivity index (χ2n) is 5.61. The maximum Gasteiger partial charge on any atom is 0.246 e. The molecule has 0 fully saturated rings. The molecule has 4 rings (SSSR count). The zero-order chi connectivity index (χ0) is 16.5. The number of carbonyl (C=O) groups is 1. The maximum atomic E-state index is 11.8. The molecule has 3 aromatic rings. The highest BCUT2D eigenvalue weighted by atomic mass is 16.5. The summed E-state index contributed by atoms with van der Waals surface area (Å²) in [5, 5.41) is 3.96. The van der Waals surface area contributed by atoms with E-state index in [9.17, 15) is 4.79 Å². The van der Waals surface area contributed by atoms with Gasteiger partial charge in [0.1, 0.15) is 11.7 Å². The molecule has 1 atom stereocenters. The summed E-state index contributed by atoms with van der Waals surface area (Å²) >= 11 is 0. The predicted octanol–water partition coefficient (Wildman–Crippen LogP) is 1.55. The Morgan fingerprint density at radius 1 is 1.25 bits per heavy atom. The average molecular weight is 321 g/mol. The molecule has 3 heterocycles. The van der Waals surface area contributed by atoms with E-state index in [0.29, 0.717) is 30.4 Å². The molecule has 24 heavy (non-hydrogen) atoms. The zero-order valence-corrected chi connectivity index (χ0v) is 12.8. The minimum atomic E-state index is -0.410. The van der Waals surface area contributed by atoms with Crippen LogP contribution in [0.5, 0.6) is 0 Å². The Kier molecular flexibility index (Phi) is 3.45. The summed E-state index contributed by atoms with van der Waals surface area (Å²) in [6.07, 6.45) is 2.26. The number of para-hydroxylation sites is 1. The number of nitrogens with two attached hydrogens (primary N) is 1. The summed E-state index contributed by atoms with van der Waals surface area (Å²) in [4.78, 5) is 22.3. The maximum absolute atomic E-state index is 11.8. The topological polar surface area (TPSA) is 98.1 Å². The fraction of sp³-hybridized carbons (Fsp3) is 0.176. The van der Waals surface area contributed by atoms with Gasteiger partial charge < -0.3 is 15.2 Å². The lowest BCUT2D eigenvalue weighted by atomic mass is 10.1. The van der Waals surface area contributed by atoms with Crippen molar-refractivity contribution in [2.75, 3.05) is 4.90 Å². The number of carbonyl (C=O) groups excluding carboxylic acids is 1. The summed E-state index contributed by atoms with van der Waals surface area (Å²) < 4.78 is 5.33. The van der Waals surface area contributed by atoms with Crippen molar-refractivity contribution in [3.8, 4) is 11.5 Å². The molecule has 2 aromatic heterocycles. The molecule has 1 aliphatic rings. The minimum absolute atomic E-state index is 0.324. The van der Waals surface area contributed by atoms with E-state index in [0.717, 1.165) is 11.3 Å². The molecule has 1 amide bonds. The van der Waals surface area contributed by atoms with Gasteiger partial charge in [0.25, 0.3) is 0 Å². The van der Waals surface area contributed by atoms with Gasteiger partial charge in [-0.05, 0) is 23.8 Å². The van der Waals surface area contributed by atoms with Crippen molar-refractivity contribution in [3.05, 3.63) is 60.1 Å². The highest BCUT2D eigenvalue weighted by molar-refractivity contribution is 5.86. The first-order chi connectivity index (χ1) is 11.7. The van der Waals surface area contributed by atoms with Crippen LogP contribution in [0, 0.1) is 0 Å². The second kappa shape index (κ2) is 5.77. The zero-order valence-electron chi connectivity index (χ0n) is 12.8. The number of hydrogen-bond acceptors (Lipinski definition) is 6. The van der Waals surface area contributed by atoms with E-state index >= 15 is 0 Å². The van der Waals surface area contributed by atoms with Crippen LogP contribution in [0.2, 0.25) is 0 Å². The molecule has 0 bridgehead atoms. The molecule has 120 valence electrons. The van der Waals surface area contributed by atoms with Gasteiger partial charge in [-0.3, -0.25) is 9.78 Å². The number of anilines is 1. The van der Waals surface area contributed by atoms with Crippen molar-refractivity contribution in [1.29, 1.82) is 0 Å². The lowest BCUT2D eigenvalue weighted by Crippen LogP contribution is -2.42. The molecule has 7 heteroatoms.